The van der Waals surface area contributed by atoms with Crippen LogP contribution >= 0.6 is 0 Å². The van der Waals surface area contributed by atoms with Gasteiger partial charge in [-0.15, -0.1) is 0 Å². The molecule has 0 aromatic heterocycles. The first-order valence-corrected chi connectivity index (χ1v) is 6.32. The van der Waals surface area contributed by atoms with Crippen molar-refractivity contribution in [2.45, 2.75) is 37.7 Å². The van der Waals surface area contributed by atoms with E-state index in [1.54, 1.807) is 30.3 Å². The minimum absolute atomic E-state index is 0.337. The number of aliphatic carboxylic acids is 1. The Hall–Kier alpha value is -2.04. The summed E-state index contributed by atoms with van der Waals surface area (Å²) in [7, 11) is 0. The first-order valence-electron chi connectivity index (χ1n) is 6.32. The maximum atomic E-state index is 11.7. The molecule has 0 aliphatic heterocycles. The molecule has 1 N–H and O–H groups in total. The predicted molar refractivity (Wildman–Crippen MR) is 67.0 cm³/mol. The summed E-state index contributed by atoms with van der Waals surface area (Å²) >= 11 is 0. The largest absolute Gasteiger partial charge is 0.514 e. The van der Waals surface area contributed by atoms with Crippen LogP contribution in [0.4, 0.5) is 4.79 Å². The van der Waals surface area contributed by atoms with Crippen LogP contribution in [0.15, 0.2) is 30.3 Å². The molecular formula is C14H16O5. The Bertz CT molecular complexity index is 448. The van der Waals surface area contributed by atoms with Crippen LogP contribution in [0.2, 0.25) is 0 Å². The number of carboxylic acid groups (broad SMARTS) is 1. The molecule has 0 unspecified atom stereocenters. The van der Waals surface area contributed by atoms with Gasteiger partial charge in [0.25, 0.3) is 0 Å². The topological polar surface area (TPSA) is 72.8 Å². The molecule has 0 amide bonds. The van der Waals surface area contributed by atoms with Crippen molar-refractivity contribution in [2.24, 2.45) is 0 Å². The molecule has 19 heavy (non-hydrogen) atoms. The lowest BCUT2D eigenvalue weighted by Gasteiger charge is -2.31. The van der Waals surface area contributed by atoms with E-state index in [0.717, 1.165) is 19.3 Å². The van der Waals surface area contributed by atoms with Crippen molar-refractivity contribution in [1.82, 2.24) is 0 Å². The van der Waals surface area contributed by atoms with Crippen LogP contribution in [-0.2, 0) is 9.53 Å². The average molecular weight is 264 g/mol. The summed E-state index contributed by atoms with van der Waals surface area (Å²) in [5.74, 6) is -0.763. The van der Waals surface area contributed by atoms with E-state index in [-0.39, 0.29) is 0 Å². The van der Waals surface area contributed by atoms with Gasteiger partial charge in [-0.05, 0) is 37.8 Å². The number of benzene rings is 1. The second-order valence-electron chi connectivity index (χ2n) is 4.63. The van der Waals surface area contributed by atoms with Crippen molar-refractivity contribution in [3.63, 3.8) is 0 Å². The fourth-order valence-corrected chi connectivity index (χ4v) is 2.25. The van der Waals surface area contributed by atoms with E-state index in [1.807, 2.05) is 0 Å². The molecule has 0 bridgehead atoms. The lowest BCUT2D eigenvalue weighted by atomic mass is 9.85. The molecule has 2 rings (SSSR count). The zero-order valence-electron chi connectivity index (χ0n) is 10.5. The fraction of sp³-hybridized carbons (Fsp3) is 0.429. The summed E-state index contributed by atoms with van der Waals surface area (Å²) in [5.41, 5.74) is -1.43. The Labute approximate surface area is 111 Å². The van der Waals surface area contributed by atoms with Crippen LogP contribution in [0.1, 0.15) is 32.1 Å². The second-order valence-corrected chi connectivity index (χ2v) is 4.63. The van der Waals surface area contributed by atoms with E-state index in [4.69, 9.17) is 9.47 Å². The van der Waals surface area contributed by atoms with Crippen LogP contribution in [0, 0.1) is 0 Å². The highest BCUT2D eigenvalue weighted by Gasteiger charge is 2.44. The van der Waals surface area contributed by atoms with Crippen molar-refractivity contribution in [2.75, 3.05) is 0 Å². The van der Waals surface area contributed by atoms with Gasteiger partial charge in [0.1, 0.15) is 5.75 Å². The molecule has 0 radical (unpaired) electrons. The molecule has 0 heterocycles. The summed E-state index contributed by atoms with van der Waals surface area (Å²) in [5, 5.41) is 9.27. The average Bonchev–Trinajstić information content (AvgIpc) is 2.40. The van der Waals surface area contributed by atoms with Gasteiger partial charge in [-0.2, -0.15) is 0 Å². The normalized spacial score (nSPS) is 17.5. The van der Waals surface area contributed by atoms with E-state index in [2.05, 4.69) is 0 Å². The van der Waals surface area contributed by atoms with Gasteiger partial charge in [0.05, 0.1) is 0 Å². The van der Waals surface area contributed by atoms with Gasteiger partial charge in [0.15, 0.2) is 0 Å². The molecule has 5 heteroatoms. The first kappa shape index (κ1) is 13.4. The Morgan fingerprint density at radius 1 is 1.05 bits per heavy atom. The molecule has 1 fully saturated rings. The number of rotatable bonds is 3. The van der Waals surface area contributed by atoms with E-state index in [1.165, 1.54) is 0 Å². The monoisotopic (exact) mass is 264 g/mol. The van der Waals surface area contributed by atoms with Crippen LogP contribution in [-0.4, -0.2) is 22.8 Å². The molecule has 102 valence electrons. The Kier molecular flexibility index (Phi) is 4.04. The number of hydrogen-bond donors (Lipinski definition) is 1. The van der Waals surface area contributed by atoms with E-state index in [0.29, 0.717) is 18.6 Å². The van der Waals surface area contributed by atoms with Crippen LogP contribution < -0.4 is 4.74 Å². The molecule has 1 saturated carbocycles. The third kappa shape index (κ3) is 3.24. The number of carbonyl (C=O) groups is 2. The van der Waals surface area contributed by atoms with Crippen molar-refractivity contribution in [3.05, 3.63) is 30.3 Å². The predicted octanol–water partition coefficient (Wildman–Crippen LogP) is 2.99. The van der Waals surface area contributed by atoms with Gasteiger partial charge in [-0.1, -0.05) is 24.6 Å². The number of ether oxygens (including phenoxy) is 2. The van der Waals surface area contributed by atoms with E-state index >= 15 is 0 Å². The third-order valence-corrected chi connectivity index (χ3v) is 3.27. The molecule has 1 aromatic rings. The van der Waals surface area contributed by atoms with Crippen molar-refractivity contribution in [1.29, 1.82) is 0 Å². The van der Waals surface area contributed by atoms with Crippen LogP contribution in [0.5, 0.6) is 5.75 Å². The number of carboxylic acids is 1. The quantitative estimate of drug-likeness (QED) is 0.671. The van der Waals surface area contributed by atoms with Gasteiger partial charge in [-0.25, -0.2) is 9.59 Å². The van der Waals surface area contributed by atoms with Gasteiger partial charge >= 0.3 is 12.1 Å². The summed E-state index contributed by atoms with van der Waals surface area (Å²) in [4.78, 5) is 23.0. The Morgan fingerprint density at radius 2 is 1.68 bits per heavy atom. The van der Waals surface area contributed by atoms with Crippen molar-refractivity contribution >= 4 is 12.1 Å². The summed E-state index contributed by atoms with van der Waals surface area (Å²) in [6, 6.07) is 8.44. The smallest absolute Gasteiger partial charge is 0.478 e. The zero-order valence-corrected chi connectivity index (χ0v) is 10.5. The van der Waals surface area contributed by atoms with Gasteiger partial charge < -0.3 is 14.6 Å². The van der Waals surface area contributed by atoms with E-state index < -0.39 is 17.7 Å². The summed E-state index contributed by atoms with van der Waals surface area (Å²) in [6.45, 7) is 0. The maximum Gasteiger partial charge on any atom is 0.514 e. The lowest BCUT2D eigenvalue weighted by Crippen LogP contribution is -2.45. The highest BCUT2D eigenvalue weighted by molar-refractivity contribution is 5.80. The molecule has 1 aliphatic carbocycles. The minimum Gasteiger partial charge on any atom is -0.478 e. The molecule has 1 aliphatic rings. The molecule has 5 nitrogen and oxygen atoms in total. The van der Waals surface area contributed by atoms with Crippen LogP contribution in [0.25, 0.3) is 0 Å². The lowest BCUT2D eigenvalue weighted by molar-refractivity contribution is -0.163. The van der Waals surface area contributed by atoms with Crippen LogP contribution in [0.3, 0.4) is 0 Å². The SMILES string of the molecule is O=C(Oc1ccccc1)OC1(C(=O)O)CCCCC1. The van der Waals surface area contributed by atoms with E-state index in [9.17, 15) is 14.7 Å². The highest BCUT2D eigenvalue weighted by atomic mass is 16.7. The van der Waals surface area contributed by atoms with Crippen molar-refractivity contribution in [3.8, 4) is 5.75 Å². The number of para-hydroxylation sites is 1. The number of hydrogen-bond acceptors (Lipinski definition) is 4. The Balaban J connectivity index is 2.01. The molecule has 0 atom stereocenters. The van der Waals surface area contributed by atoms with Gasteiger partial charge in [0.2, 0.25) is 5.60 Å². The van der Waals surface area contributed by atoms with Crippen molar-refractivity contribution < 1.29 is 24.2 Å². The Morgan fingerprint density at radius 3 is 2.26 bits per heavy atom. The molecular weight excluding hydrogens is 248 g/mol. The zero-order chi connectivity index (χ0) is 13.7. The molecule has 0 saturated heterocycles. The summed E-state index contributed by atoms with van der Waals surface area (Å²) in [6.07, 6.45) is 2.16. The molecule has 0 spiro atoms. The van der Waals surface area contributed by atoms with Gasteiger partial charge in [-0.3, -0.25) is 0 Å². The standard InChI is InChI=1S/C14H16O5/c15-12(16)14(9-5-2-6-10-14)19-13(17)18-11-7-3-1-4-8-11/h1,3-4,7-8H,2,5-6,9-10H2,(H,15,16). The second kappa shape index (κ2) is 5.73. The highest BCUT2D eigenvalue weighted by Crippen LogP contribution is 2.32. The van der Waals surface area contributed by atoms with Gasteiger partial charge in [0, 0.05) is 0 Å². The molecule has 1 aromatic carbocycles. The maximum absolute atomic E-state index is 11.7. The third-order valence-electron chi connectivity index (χ3n) is 3.27. The summed E-state index contributed by atoms with van der Waals surface area (Å²) < 4.78 is 10.1. The number of carbonyl (C=O) groups excluding carboxylic acids is 1. The minimum atomic E-state index is -1.43. The first-order chi connectivity index (χ1) is 9.12. The fourth-order valence-electron chi connectivity index (χ4n) is 2.25.